The Morgan fingerprint density at radius 2 is 2.05 bits per heavy atom. The molecule has 0 aliphatic rings. The second-order valence-electron chi connectivity index (χ2n) is 4.97. The molecular weight excluding hydrogens is 272 g/mol. The molecule has 0 bridgehead atoms. The molecule has 1 aromatic carbocycles. The number of amides is 1. The molecule has 4 nitrogen and oxygen atoms in total. The number of rotatable bonds is 8. The van der Waals surface area contributed by atoms with Gasteiger partial charge in [-0.1, -0.05) is 30.3 Å². The number of nitrogens with zero attached hydrogens (tertiary/aromatic N) is 1. The van der Waals surface area contributed by atoms with Crippen molar-refractivity contribution in [2.24, 2.45) is 0 Å². The maximum Gasteiger partial charge on any atom is 0.234 e. The summed E-state index contributed by atoms with van der Waals surface area (Å²) >= 11 is 1.56. The van der Waals surface area contributed by atoms with Crippen LogP contribution in [0, 0.1) is 0 Å². The SMILES string of the molecule is CSC(CO)C(C)NC(=O)CN(C)Cc1ccccc1. The van der Waals surface area contributed by atoms with E-state index in [2.05, 4.69) is 5.32 Å². The van der Waals surface area contributed by atoms with Gasteiger partial charge in [0.2, 0.25) is 5.91 Å². The molecule has 0 spiro atoms. The first kappa shape index (κ1) is 17.0. The van der Waals surface area contributed by atoms with E-state index in [-0.39, 0.29) is 23.8 Å². The Morgan fingerprint density at radius 1 is 1.40 bits per heavy atom. The quantitative estimate of drug-likeness (QED) is 0.760. The fraction of sp³-hybridized carbons (Fsp3) is 0.533. The Hall–Kier alpha value is -1.04. The van der Waals surface area contributed by atoms with Gasteiger partial charge in [-0.15, -0.1) is 0 Å². The number of carbonyl (C=O) groups is 1. The monoisotopic (exact) mass is 296 g/mol. The highest BCUT2D eigenvalue weighted by atomic mass is 32.2. The summed E-state index contributed by atoms with van der Waals surface area (Å²) < 4.78 is 0. The molecule has 112 valence electrons. The van der Waals surface area contributed by atoms with Crippen molar-refractivity contribution >= 4 is 17.7 Å². The van der Waals surface area contributed by atoms with Crippen LogP contribution < -0.4 is 5.32 Å². The van der Waals surface area contributed by atoms with Gasteiger partial charge >= 0.3 is 0 Å². The van der Waals surface area contributed by atoms with Crippen molar-refractivity contribution in [3.63, 3.8) is 0 Å². The van der Waals surface area contributed by atoms with Crippen LogP contribution in [0.1, 0.15) is 12.5 Å². The summed E-state index contributed by atoms with van der Waals surface area (Å²) in [4.78, 5) is 13.9. The molecule has 0 fully saturated rings. The molecule has 0 saturated carbocycles. The van der Waals surface area contributed by atoms with E-state index in [1.807, 2.05) is 55.5 Å². The Morgan fingerprint density at radius 3 is 2.60 bits per heavy atom. The molecule has 2 unspecified atom stereocenters. The van der Waals surface area contributed by atoms with Crippen LogP contribution in [-0.2, 0) is 11.3 Å². The van der Waals surface area contributed by atoms with Crippen molar-refractivity contribution in [2.75, 3.05) is 26.5 Å². The summed E-state index contributed by atoms with van der Waals surface area (Å²) in [5.74, 6) is -0.0107. The average Bonchev–Trinajstić information content (AvgIpc) is 2.40. The number of nitrogens with one attached hydrogen (secondary N) is 1. The van der Waals surface area contributed by atoms with Crippen molar-refractivity contribution in [2.45, 2.75) is 24.8 Å². The van der Waals surface area contributed by atoms with Crippen LogP contribution in [-0.4, -0.2) is 53.7 Å². The van der Waals surface area contributed by atoms with Gasteiger partial charge in [0.15, 0.2) is 0 Å². The second kappa shape index (κ2) is 9.00. The number of hydrogen-bond acceptors (Lipinski definition) is 4. The molecule has 1 rings (SSSR count). The summed E-state index contributed by atoms with van der Waals surface area (Å²) in [6.45, 7) is 3.09. The Labute approximate surface area is 125 Å². The maximum atomic E-state index is 11.9. The van der Waals surface area contributed by atoms with Gasteiger partial charge in [-0.05, 0) is 25.8 Å². The third kappa shape index (κ3) is 5.94. The highest BCUT2D eigenvalue weighted by molar-refractivity contribution is 7.99. The van der Waals surface area contributed by atoms with Gasteiger partial charge in [-0.2, -0.15) is 11.8 Å². The number of hydrogen-bond donors (Lipinski definition) is 2. The van der Waals surface area contributed by atoms with E-state index >= 15 is 0 Å². The highest BCUT2D eigenvalue weighted by Gasteiger charge is 2.17. The van der Waals surface area contributed by atoms with Crippen molar-refractivity contribution < 1.29 is 9.90 Å². The molecule has 20 heavy (non-hydrogen) atoms. The van der Waals surface area contributed by atoms with E-state index in [1.165, 1.54) is 5.56 Å². The molecule has 0 saturated heterocycles. The van der Waals surface area contributed by atoms with Crippen LogP contribution in [0.3, 0.4) is 0 Å². The average molecular weight is 296 g/mol. The summed E-state index contributed by atoms with van der Waals surface area (Å²) in [6, 6.07) is 10.0. The van der Waals surface area contributed by atoms with Crippen LogP contribution in [0.4, 0.5) is 0 Å². The first-order valence-corrected chi connectivity index (χ1v) is 8.01. The van der Waals surface area contributed by atoms with Gasteiger partial charge in [0.05, 0.1) is 13.2 Å². The van der Waals surface area contributed by atoms with Gasteiger partial charge in [0.1, 0.15) is 0 Å². The van der Waals surface area contributed by atoms with Gasteiger partial charge < -0.3 is 10.4 Å². The molecule has 2 N–H and O–H groups in total. The molecule has 5 heteroatoms. The zero-order valence-electron chi connectivity index (χ0n) is 12.4. The zero-order valence-corrected chi connectivity index (χ0v) is 13.2. The van der Waals surface area contributed by atoms with E-state index in [9.17, 15) is 9.90 Å². The minimum absolute atomic E-state index is 0.0107. The Balaban J connectivity index is 2.38. The number of benzene rings is 1. The molecule has 0 aliphatic carbocycles. The minimum atomic E-state index is -0.0346. The van der Waals surface area contributed by atoms with Crippen molar-refractivity contribution in [1.82, 2.24) is 10.2 Å². The second-order valence-corrected chi connectivity index (χ2v) is 6.05. The summed E-state index contributed by atoms with van der Waals surface area (Å²) in [5, 5.41) is 12.2. The predicted molar refractivity (Wildman–Crippen MR) is 84.8 cm³/mol. The first-order valence-electron chi connectivity index (χ1n) is 6.72. The fourth-order valence-electron chi connectivity index (χ4n) is 2.03. The Bertz CT molecular complexity index is 396. The smallest absolute Gasteiger partial charge is 0.234 e. The first-order chi connectivity index (χ1) is 9.56. The van der Waals surface area contributed by atoms with Crippen molar-refractivity contribution in [3.8, 4) is 0 Å². The molecule has 0 aromatic heterocycles. The van der Waals surface area contributed by atoms with Crippen LogP contribution in [0.15, 0.2) is 30.3 Å². The number of thioether (sulfide) groups is 1. The third-order valence-corrected chi connectivity index (χ3v) is 4.30. The van der Waals surface area contributed by atoms with E-state index in [4.69, 9.17) is 0 Å². The van der Waals surface area contributed by atoms with E-state index in [0.717, 1.165) is 6.54 Å². The molecule has 2 atom stereocenters. The molecule has 0 radical (unpaired) electrons. The zero-order chi connectivity index (χ0) is 15.0. The van der Waals surface area contributed by atoms with Crippen molar-refractivity contribution in [1.29, 1.82) is 0 Å². The van der Waals surface area contributed by atoms with Crippen LogP contribution in [0.5, 0.6) is 0 Å². The van der Waals surface area contributed by atoms with Gasteiger partial charge in [0.25, 0.3) is 0 Å². The van der Waals surface area contributed by atoms with E-state index in [0.29, 0.717) is 6.54 Å². The summed E-state index contributed by atoms with van der Waals surface area (Å²) in [5.41, 5.74) is 1.19. The van der Waals surface area contributed by atoms with E-state index < -0.39 is 0 Å². The number of likely N-dealkylation sites (N-methyl/N-ethyl adjacent to an activating group) is 1. The standard InChI is InChI=1S/C15H24N2O2S/c1-12(14(11-18)20-3)16-15(19)10-17(2)9-13-7-5-4-6-8-13/h4-8,12,14,18H,9-11H2,1-3H3,(H,16,19). The summed E-state index contributed by atoms with van der Waals surface area (Å²) in [7, 11) is 1.93. The topological polar surface area (TPSA) is 52.6 Å². The molecular formula is C15H24N2O2S. The lowest BCUT2D eigenvalue weighted by Crippen LogP contribution is -2.45. The Kier molecular flexibility index (Phi) is 7.65. The number of aliphatic hydroxyl groups is 1. The number of aliphatic hydroxyl groups excluding tert-OH is 1. The van der Waals surface area contributed by atoms with Crippen LogP contribution in [0.2, 0.25) is 0 Å². The van der Waals surface area contributed by atoms with Gasteiger partial charge in [-0.3, -0.25) is 9.69 Å². The lowest BCUT2D eigenvalue weighted by atomic mass is 10.2. The van der Waals surface area contributed by atoms with Crippen molar-refractivity contribution in [3.05, 3.63) is 35.9 Å². The largest absolute Gasteiger partial charge is 0.395 e. The fourth-order valence-corrected chi connectivity index (χ4v) is 2.65. The lowest BCUT2D eigenvalue weighted by Gasteiger charge is -2.23. The van der Waals surface area contributed by atoms with Crippen LogP contribution >= 0.6 is 11.8 Å². The molecule has 1 aromatic rings. The van der Waals surface area contributed by atoms with Gasteiger partial charge in [-0.25, -0.2) is 0 Å². The molecule has 0 heterocycles. The number of carbonyl (C=O) groups excluding carboxylic acids is 1. The van der Waals surface area contributed by atoms with E-state index in [1.54, 1.807) is 11.8 Å². The minimum Gasteiger partial charge on any atom is -0.395 e. The summed E-state index contributed by atoms with van der Waals surface area (Å²) in [6.07, 6.45) is 1.94. The lowest BCUT2D eigenvalue weighted by molar-refractivity contribution is -0.122. The molecule has 0 aliphatic heterocycles. The van der Waals surface area contributed by atoms with Crippen LogP contribution in [0.25, 0.3) is 0 Å². The third-order valence-electron chi connectivity index (χ3n) is 3.14. The molecule has 1 amide bonds. The maximum absolute atomic E-state index is 11.9. The highest BCUT2D eigenvalue weighted by Crippen LogP contribution is 2.10. The normalized spacial score (nSPS) is 14.1. The predicted octanol–water partition coefficient (Wildman–Crippen LogP) is 1.35. The van der Waals surface area contributed by atoms with Gasteiger partial charge in [0, 0.05) is 17.8 Å².